The first kappa shape index (κ1) is 20.0. The van der Waals surface area contributed by atoms with Crippen LogP contribution in [0, 0.1) is 12.3 Å². The van der Waals surface area contributed by atoms with Crippen LogP contribution < -0.4 is 4.74 Å². The molecule has 2 aromatic rings. The van der Waals surface area contributed by atoms with E-state index in [0.29, 0.717) is 6.61 Å². The minimum Gasteiger partial charge on any atom is -0.493 e. The predicted octanol–water partition coefficient (Wildman–Crippen LogP) is 6.10. The van der Waals surface area contributed by atoms with Crippen LogP contribution >= 0.6 is 0 Å². The van der Waals surface area contributed by atoms with Crippen molar-refractivity contribution >= 4 is 5.97 Å². The van der Waals surface area contributed by atoms with Gasteiger partial charge in [-0.05, 0) is 45.2 Å². The number of hydrogen-bond acceptors (Lipinski definition) is 2. The van der Waals surface area contributed by atoms with E-state index in [1.54, 1.807) is 13.8 Å². The van der Waals surface area contributed by atoms with E-state index < -0.39 is 11.4 Å². The summed E-state index contributed by atoms with van der Waals surface area (Å²) >= 11 is 0. The number of rotatable bonds is 10. The third-order valence-corrected chi connectivity index (χ3v) is 4.78. The average molecular weight is 354 g/mol. The highest BCUT2D eigenvalue weighted by molar-refractivity contribution is 5.73. The number of benzene rings is 2. The summed E-state index contributed by atoms with van der Waals surface area (Å²) in [6.45, 7) is 6.36. The normalized spacial score (nSPS) is 11.3. The zero-order valence-electron chi connectivity index (χ0n) is 16.1. The molecule has 0 radical (unpaired) electrons. The molecule has 0 saturated carbocycles. The third kappa shape index (κ3) is 5.91. The zero-order valence-corrected chi connectivity index (χ0v) is 16.1. The Morgan fingerprint density at radius 2 is 1.62 bits per heavy atom. The van der Waals surface area contributed by atoms with E-state index in [4.69, 9.17) is 9.84 Å². The Kier molecular flexibility index (Phi) is 7.26. The number of aryl methyl sites for hydroxylation is 1. The Morgan fingerprint density at radius 3 is 2.31 bits per heavy atom. The molecule has 140 valence electrons. The molecule has 0 aliphatic heterocycles. The lowest BCUT2D eigenvalue weighted by atomic mass is 9.87. The van der Waals surface area contributed by atoms with E-state index in [-0.39, 0.29) is 0 Å². The van der Waals surface area contributed by atoms with Gasteiger partial charge in [0.15, 0.2) is 0 Å². The molecule has 1 N–H and O–H groups in total. The van der Waals surface area contributed by atoms with Crippen LogP contribution in [-0.4, -0.2) is 17.7 Å². The summed E-state index contributed by atoms with van der Waals surface area (Å²) in [6.07, 6.45) is 4.75. The second-order valence-electron chi connectivity index (χ2n) is 7.56. The van der Waals surface area contributed by atoms with Crippen LogP contribution in [0.3, 0.4) is 0 Å². The van der Waals surface area contributed by atoms with E-state index >= 15 is 0 Å². The number of carbonyl (C=O) groups is 1. The Hall–Kier alpha value is -2.29. The summed E-state index contributed by atoms with van der Waals surface area (Å²) in [7, 11) is 0. The molecule has 0 spiro atoms. The van der Waals surface area contributed by atoms with Crippen molar-refractivity contribution in [3.8, 4) is 16.9 Å². The van der Waals surface area contributed by atoms with Gasteiger partial charge < -0.3 is 9.84 Å². The standard InChI is InChI=1S/C23H30O3/c1-18-12-14-19(15-13-18)20-10-6-7-11-21(20)26-17-9-5-4-8-16-23(2,3)22(24)25/h6-7,10-15H,4-5,8-9,16-17H2,1-3H3,(H,24,25). The highest BCUT2D eigenvalue weighted by atomic mass is 16.5. The maximum atomic E-state index is 11.1. The van der Waals surface area contributed by atoms with Gasteiger partial charge in [0.25, 0.3) is 0 Å². The predicted molar refractivity (Wildman–Crippen MR) is 107 cm³/mol. The Bertz CT molecular complexity index is 702. The van der Waals surface area contributed by atoms with Gasteiger partial charge in [0.2, 0.25) is 0 Å². The maximum Gasteiger partial charge on any atom is 0.309 e. The molecule has 0 amide bonds. The molecule has 0 aromatic heterocycles. The quantitative estimate of drug-likeness (QED) is 0.524. The first-order valence-electron chi connectivity index (χ1n) is 9.42. The highest BCUT2D eigenvalue weighted by Crippen LogP contribution is 2.30. The van der Waals surface area contributed by atoms with Gasteiger partial charge in [0.05, 0.1) is 12.0 Å². The molecular weight excluding hydrogens is 324 g/mol. The van der Waals surface area contributed by atoms with Gasteiger partial charge >= 0.3 is 5.97 Å². The minimum atomic E-state index is -0.714. The van der Waals surface area contributed by atoms with Gasteiger partial charge in [-0.2, -0.15) is 0 Å². The lowest BCUT2D eigenvalue weighted by Gasteiger charge is -2.18. The molecule has 0 saturated heterocycles. The van der Waals surface area contributed by atoms with Gasteiger partial charge in [-0.15, -0.1) is 0 Å². The number of para-hydroxylation sites is 1. The number of ether oxygens (including phenoxy) is 1. The van der Waals surface area contributed by atoms with E-state index in [0.717, 1.165) is 43.4 Å². The molecule has 0 aliphatic rings. The lowest BCUT2D eigenvalue weighted by molar-refractivity contribution is -0.147. The summed E-state index contributed by atoms with van der Waals surface area (Å²) in [5.41, 5.74) is 2.92. The molecular formula is C23H30O3. The molecule has 2 aromatic carbocycles. The summed E-state index contributed by atoms with van der Waals surface area (Å²) in [6, 6.07) is 16.6. The van der Waals surface area contributed by atoms with Gasteiger partial charge in [0.1, 0.15) is 5.75 Å². The molecule has 0 atom stereocenters. The minimum absolute atomic E-state index is 0.622. The second kappa shape index (κ2) is 9.42. The van der Waals surface area contributed by atoms with Crippen molar-refractivity contribution in [2.75, 3.05) is 6.61 Å². The van der Waals surface area contributed by atoms with Crippen molar-refractivity contribution in [1.29, 1.82) is 0 Å². The summed E-state index contributed by atoms with van der Waals surface area (Å²) < 4.78 is 6.01. The topological polar surface area (TPSA) is 46.5 Å². The van der Waals surface area contributed by atoms with Gasteiger partial charge in [-0.1, -0.05) is 67.3 Å². The molecule has 0 bridgehead atoms. The van der Waals surface area contributed by atoms with Crippen LogP contribution in [-0.2, 0) is 4.79 Å². The number of hydrogen-bond donors (Lipinski definition) is 1. The van der Waals surface area contributed by atoms with Crippen molar-refractivity contribution in [1.82, 2.24) is 0 Å². The summed E-state index contributed by atoms with van der Waals surface area (Å²) in [4.78, 5) is 11.1. The first-order chi connectivity index (χ1) is 12.4. The number of unbranched alkanes of at least 4 members (excludes halogenated alkanes) is 3. The number of carboxylic acid groups (broad SMARTS) is 1. The molecule has 3 heteroatoms. The highest BCUT2D eigenvalue weighted by Gasteiger charge is 2.25. The smallest absolute Gasteiger partial charge is 0.309 e. The monoisotopic (exact) mass is 354 g/mol. The van der Waals surface area contributed by atoms with Gasteiger partial charge in [-0.25, -0.2) is 0 Å². The molecule has 0 aliphatic carbocycles. The number of carboxylic acids is 1. The zero-order chi connectivity index (χ0) is 19.0. The molecule has 26 heavy (non-hydrogen) atoms. The van der Waals surface area contributed by atoms with E-state index in [9.17, 15) is 4.79 Å². The molecule has 2 rings (SSSR count). The molecule has 0 unspecified atom stereocenters. The number of aliphatic carboxylic acids is 1. The van der Waals surface area contributed by atoms with Crippen molar-refractivity contribution in [2.45, 2.75) is 52.9 Å². The third-order valence-electron chi connectivity index (χ3n) is 4.78. The van der Waals surface area contributed by atoms with Crippen LogP contribution in [0.1, 0.15) is 51.5 Å². The van der Waals surface area contributed by atoms with Crippen LogP contribution in [0.5, 0.6) is 5.75 Å². The average Bonchev–Trinajstić information content (AvgIpc) is 2.62. The van der Waals surface area contributed by atoms with Gasteiger partial charge in [-0.3, -0.25) is 4.79 Å². The first-order valence-corrected chi connectivity index (χ1v) is 9.42. The van der Waals surface area contributed by atoms with Crippen LogP contribution in [0.4, 0.5) is 0 Å². The van der Waals surface area contributed by atoms with Crippen molar-refractivity contribution in [3.05, 3.63) is 54.1 Å². The van der Waals surface area contributed by atoms with Crippen molar-refractivity contribution < 1.29 is 14.6 Å². The van der Waals surface area contributed by atoms with Gasteiger partial charge in [0, 0.05) is 5.56 Å². The fraction of sp³-hybridized carbons (Fsp3) is 0.435. The molecule has 0 fully saturated rings. The molecule has 3 nitrogen and oxygen atoms in total. The van der Waals surface area contributed by atoms with E-state index in [2.05, 4.69) is 37.3 Å². The Balaban J connectivity index is 1.77. The largest absolute Gasteiger partial charge is 0.493 e. The fourth-order valence-electron chi connectivity index (χ4n) is 2.88. The Labute approximate surface area is 157 Å². The van der Waals surface area contributed by atoms with Crippen molar-refractivity contribution in [3.63, 3.8) is 0 Å². The van der Waals surface area contributed by atoms with Crippen LogP contribution in [0.2, 0.25) is 0 Å². The summed E-state index contributed by atoms with van der Waals surface area (Å²) in [5.74, 6) is 0.205. The van der Waals surface area contributed by atoms with E-state index in [1.165, 1.54) is 11.1 Å². The Morgan fingerprint density at radius 1 is 0.962 bits per heavy atom. The van der Waals surface area contributed by atoms with Crippen molar-refractivity contribution in [2.24, 2.45) is 5.41 Å². The fourth-order valence-corrected chi connectivity index (χ4v) is 2.88. The second-order valence-corrected chi connectivity index (χ2v) is 7.56. The molecule has 0 heterocycles. The van der Waals surface area contributed by atoms with Crippen LogP contribution in [0.15, 0.2) is 48.5 Å². The maximum absolute atomic E-state index is 11.1. The lowest BCUT2D eigenvalue weighted by Crippen LogP contribution is -2.23. The van der Waals surface area contributed by atoms with Crippen LogP contribution in [0.25, 0.3) is 11.1 Å². The SMILES string of the molecule is Cc1ccc(-c2ccccc2OCCCCCCC(C)(C)C(=O)O)cc1. The summed E-state index contributed by atoms with van der Waals surface area (Å²) in [5, 5.41) is 9.12. The van der Waals surface area contributed by atoms with E-state index in [1.807, 2.05) is 18.2 Å².